The van der Waals surface area contributed by atoms with Gasteiger partial charge in [-0.05, 0) is 49.1 Å². The van der Waals surface area contributed by atoms with Gasteiger partial charge in [0.05, 0.1) is 12.7 Å². The number of unbranched alkanes of at least 4 members (excludes halogenated alkanes) is 1. The smallest absolute Gasteiger partial charge is 0.126 e. The molecule has 0 saturated heterocycles. The molecule has 0 heterocycles. The van der Waals surface area contributed by atoms with E-state index in [1.807, 2.05) is 36.4 Å². The highest BCUT2D eigenvalue weighted by Gasteiger charge is 2.07. The normalized spacial score (nSPS) is 11.7. The van der Waals surface area contributed by atoms with Crippen LogP contribution in [0.5, 0.6) is 5.75 Å². The molecule has 0 amide bonds. The van der Waals surface area contributed by atoms with Crippen molar-refractivity contribution in [1.82, 2.24) is 5.32 Å². The van der Waals surface area contributed by atoms with Crippen LogP contribution in [0.1, 0.15) is 30.9 Å². The number of rotatable bonds is 9. The summed E-state index contributed by atoms with van der Waals surface area (Å²) in [6.07, 6.45) is 1.89. The molecule has 0 aromatic heterocycles. The van der Waals surface area contributed by atoms with Gasteiger partial charge in [0.2, 0.25) is 0 Å². The van der Waals surface area contributed by atoms with Gasteiger partial charge in [-0.25, -0.2) is 4.39 Å². The number of benzene rings is 2. The summed E-state index contributed by atoms with van der Waals surface area (Å²) in [4.78, 5) is 0. The van der Waals surface area contributed by atoms with Gasteiger partial charge in [-0.1, -0.05) is 30.3 Å². The van der Waals surface area contributed by atoms with Crippen LogP contribution >= 0.6 is 0 Å². The maximum atomic E-state index is 13.7. The molecule has 0 fully saturated rings. The van der Waals surface area contributed by atoms with Crippen molar-refractivity contribution in [2.45, 2.75) is 38.8 Å². The zero-order valence-corrected chi connectivity index (χ0v) is 14.0. The Morgan fingerprint density at radius 3 is 2.83 bits per heavy atom. The zero-order valence-electron chi connectivity index (χ0n) is 14.0. The lowest BCUT2D eigenvalue weighted by molar-refractivity contribution is 0.312. The first-order chi connectivity index (χ1) is 11.7. The average molecular weight is 326 g/mol. The Bertz CT molecular complexity index is 681. The van der Waals surface area contributed by atoms with E-state index < -0.39 is 0 Å². The molecule has 1 atom stereocenters. The van der Waals surface area contributed by atoms with Crippen LogP contribution in [-0.2, 0) is 13.0 Å². The van der Waals surface area contributed by atoms with Crippen molar-refractivity contribution in [3.05, 3.63) is 65.5 Å². The first kappa shape index (κ1) is 18.0. The van der Waals surface area contributed by atoms with Crippen LogP contribution in [0.3, 0.4) is 0 Å². The molecule has 3 nitrogen and oxygen atoms in total. The van der Waals surface area contributed by atoms with Crippen molar-refractivity contribution >= 4 is 0 Å². The van der Waals surface area contributed by atoms with Crippen LogP contribution in [0, 0.1) is 17.1 Å². The summed E-state index contributed by atoms with van der Waals surface area (Å²) >= 11 is 0. The summed E-state index contributed by atoms with van der Waals surface area (Å²) in [5.41, 5.74) is 1.85. The van der Waals surface area contributed by atoms with Crippen molar-refractivity contribution < 1.29 is 9.13 Å². The molecule has 126 valence electrons. The quantitative estimate of drug-likeness (QED) is 0.701. The Morgan fingerprint density at radius 1 is 1.21 bits per heavy atom. The Morgan fingerprint density at radius 2 is 2.04 bits per heavy atom. The number of nitrogens with zero attached hydrogens (tertiary/aromatic N) is 1. The van der Waals surface area contributed by atoms with Gasteiger partial charge in [0.15, 0.2) is 0 Å². The van der Waals surface area contributed by atoms with Gasteiger partial charge in [-0.15, -0.1) is 0 Å². The topological polar surface area (TPSA) is 45.0 Å². The highest BCUT2D eigenvalue weighted by Crippen LogP contribution is 2.14. The first-order valence-corrected chi connectivity index (χ1v) is 8.24. The standard InChI is InChI=1S/C20H23FN2O/c1-16(13-18-8-2-3-10-20(18)21)23-15-17-7-6-9-19(14-17)24-12-5-4-11-22/h2-3,6-10,14,16,23H,4-5,12-13,15H2,1H3. The van der Waals surface area contributed by atoms with E-state index in [1.54, 1.807) is 6.07 Å². The molecule has 0 aliphatic rings. The molecule has 0 radical (unpaired) electrons. The predicted octanol–water partition coefficient (Wildman–Crippen LogP) is 4.23. The molecule has 2 rings (SSSR count). The summed E-state index contributed by atoms with van der Waals surface area (Å²) in [5.74, 6) is 0.660. The molecule has 0 spiro atoms. The van der Waals surface area contributed by atoms with Gasteiger partial charge in [0, 0.05) is 19.0 Å². The van der Waals surface area contributed by atoms with Crippen LogP contribution < -0.4 is 10.1 Å². The molecule has 0 aliphatic carbocycles. The van der Waals surface area contributed by atoms with E-state index in [-0.39, 0.29) is 11.9 Å². The van der Waals surface area contributed by atoms with Crippen LogP contribution in [0.4, 0.5) is 4.39 Å². The van der Waals surface area contributed by atoms with E-state index >= 15 is 0 Å². The van der Waals surface area contributed by atoms with Crippen LogP contribution in [0.25, 0.3) is 0 Å². The first-order valence-electron chi connectivity index (χ1n) is 8.24. The largest absolute Gasteiger partial charge is 0.494 e. The average Bonchev–Trinajstić information content (AvgIpc) is 2.59. The molecular formula is C20H23FN2O. The van der Waals surface area contributed by atoms with E-state index in [0.29, 0.717) is 26.0 Å². The van der Waals surface area contributed by atoms with E-state index in [0.717, 1.165) is 23.3 Å². The zero-order chi connectivity index (χ0) is 17.2. The molecule has 1 unspecified atom stereocenters. The molecule has 0 saturated carbocycles. The summed E-state index contributed by atoms with van der Waals surface area (Å²) in [6, 6.07) is 17.1. The number of hydrogen-bond acceptors (Lipinski definition) is 3. The number of nitriles is 1. The van der Waals surface area contributed by atoms with Gasteiger partial charge in [-0.2, -0.15) is 5.26 Å². The van der Waals surface area contributed by atoms with Gasteiger partial charge in [0.25, 0.3) is 0 Å². The Balaban J connectivity index is 1.81. The molecule has 0 aliphatic heterocycles. The number of ether oxygens (including phenoxy) is 1. The highest BCUT2D eigenvalue weighted by atomic mass is 19.1. The Hall–Kier alpha value is -2.38. The van der Waals surface area contributed by atoms with E-state index in [9.17, 15) is 4.39 Å². The summed E-state index contributed by atoms with van der Waals surface area (Å²) in [5, 5.41) is 11.9. The molecule has 4 heteroatoms. The Kier molecular flexibility index (Phi) is 7.25. The second kappa shape index (κ2) is 9.69. The maximum Gasteiger partial charge on any atom is 0.126 e. The molecule has 1 N–H and O–H groups in total. The number of hydrogen-bond donors (Lipinski definition) is 1. The van der Waals surface area contributed by atoms with Crippen LogP contribution in [0.15, 0.2) is 48.5 Å². The minimum atomic E-state index is -0.154. The Labute approximate surface area is 143 Å². The summed E-state index contributed by atoms with van der Waals surface area (Å²) in [7, 11) is 0. The predicted molar refractivity (Wildman–Crippen MR) is 93.2 cm³/mol. The highest BCUT2D eigenvalue weighted by molar-refractivity contribution is 5.28. The third kappa shape index (κ3) is 6.02. The fraction of sp³-hybridized carbons (Fsp3) is 0.350. The minimum absolute atomic E-state index is 0.154. The van der Waals surface area contributed by atoms with Gasteiger partial charge in [0.1, 0.15) is 11.6 Å². The monoisotopic (exact) mass is 326 g/mol. The minimum Gasteiger partial charge on any atom is -0.494 e. The lowest BCUT2D eigenvalue weighted by Crippen LogP contribution is -2.27. The lowest BCUT2D eigenvalue weighted by atomic mass is 10.1. The molecular weight excluding hydrogens is 303 g/mol. The second-order valence-electron chi connectivity index (χ2n) is 5.84. The van der Waals surface area contributed by atoms with E-state index in [1.165, 1.54) is 6.07 Å². The van der Waals surface area contributed by atoms with Crippen molar-refractivity contribution in [3.63, 3.8) is 0 Å². The van der Waals surface area contributed by atoms with Gasteiger partial charge in [-0.3, -0.25) is 0 Å². The van der Waals surface area contributed by atoms with E-state index in [2.05, 4.69) is 18.3 Å². The molecule has 2 aromatic rings. The third-order valence-corrected chi connectivity index (χ3v) is 3.74. The van der Waals surface area contributed by atoms with E-state index in [4.69, 9.17) is 10.00 Å². The third-order valence-electron chi connectivity index (χ3n) is 3.74. The molecule has 2 aromatic carbocycles. The maximum absolute atomic E-state index is 13.7. The fourth-order valence-corrected chi connectivity index (χ4v) is 2.44. The van der Waals surface area contributed by atoms with Crippen LogP contribution in [-0.4, -0.2) is 12.6 Å². The lowest BCUT2D eigenvalue weighted by Gasteiger charge is -2.15. The van der Waals surface area contributed by atoms with Crippen molar-refractivity contribution in [2.75, 3.05) is 6.61 Å². The molecule has 0 bridgehead atoms. The van der Waals surface area contributed by atoms with Crippen molar-refractivity contribution in [3.8, 4) is 11.8 Å². The summed E-state index contributed by atoms with van der Waals surface area (Å²) in [6.45, 7) is 3.30. The van der Waals surface area contributed by atoms with Gasteiger partial charge >= 0.3 is 0 Å². The molecule has 24 heavy (non-hydrogen) atoms. The van der Waals surface area contributed by atoms with Gasteiger partial charge < -0.3 is 10.1 Å². The second-order valence-corrected chi connectivity index (χ2v) is 5.84. The van der Waals surface area contributed by atoms with Crippen LogP contribution in [0.2, 0.25) is 0 Å². The number of nitrogens with one attached hydrogen (secondary N) is 1. The fourth-order valence-electron chi connectivity index (χ4n) is 2.44. The number of halogens is 1. The summed E-state index contributed by atoms with van der Waals surface area (Å²) < 4.78 is 19.3. The SMILES string of the molecule is CC(Cc1ccccc1F)NCc1cccc(OCCCC#N)c1. The van der Waals surface area contributed by atoms with Crippen molar-refractivity contribution in [1.29, 1.82) is 5.26 Å². The van der Waals surface area contributed by atoms with Crippen molar-refractivity contribution in [2.24, 2.45) is 0 Å².